The van der Waals surface area contributed by atoms with Gasteiger partial charge in [-0.25, -0.2) is 4.79 Å². The van der Waals surface area contributed by atoms with E-state index in [2.05, 4.69) is 67.7 Å². The minimum absolute atomic E-state index is 0.0138. The van der Waals surface area contributed by atoms with Crippen LogP contribution in [0.4, 0.5) is 0 Å². The average Bonchev–Trinajstić information content (AvgIpc) is 2.83. The van der Waals surface area contributed by atoms with Crippen molar-refractivity contribution in [1.29, 1.82) is 0 Å². The Kier molecular flexibility index (Phi) is 17.0. The molecule has 0 saturated heterocycles. The molecular formula is C30H38O4. The van der Waals surface area contributed by atoms with Crippen molar-refractivity contribution in [1.82, 2.24) is 0 Å². The third kappa shape index (κ3) is 15.4. The molecule has 0 unspecified atom stereocenters. The number of ether oxygens (including phenoxy) is 1. The molecule has 0 aromatic heterocycles. The summed E-state index contributed by atoms with van der Waals surface area (Å²) in [6.07, 6.45) is 33.5. The molecule has 0 spiro atoms. The molecule has 34 heavy (non-hydrogen) atoms. The van der Waals surface area contributed by atoms with Gasteiger partial charge in [0.1, 0.15) is 11.3 Å². The number of aromatic carboxylic acids is 1. The first-order valence-electron chi connectivity index (χ1n) is 12.1. The number of unbranched alkanes of at least 4 members (excludes halogenated alkanes) is 1. The number of hydrogen-bond acceptors (Lipinski definition) is 3. The molecule has 0 fully saturated rings. The Balaban J connectivity index is 2.08. The van der Waals surface area contributed by atoms with Gasteiger partial charge in [0.25, 0.3) is 0 Å². The second-order valence-electron chi connectivity index (χ2n) is 7.61. The van der Waals surface area contributed by atoms with Crippen LogP contribution in [0.15, 0.2) is 97.2 Å². The smallest absolute Gasteiger partial charge is 0.339 e. The van der Waals surface area contributed by atoms with Gasteiger partial charge in [-0.05, 0) is 57.1 Å². The molecule has 1 aromatic rings. The highest BCUT2D eigenvalue weighted by Gasteiger charge is 2.13. The summed E-state index contributed by atoms with van der Waals surface area (Å²) in [5.74, 6) is -1.47. The number of rotatable bonds is 17. The highest BCUT2D eigenvalue weighted by molar-refractivity contribution is 5.91. The van der Waals surface area contributed by atoms with Gasteiger partial charge in [0, 0.05) is 6.42 Å². The Hall–Kier alpha value is -3.40. The number of benzene rings is 1. The fourth-order valence-corrected chi connectivity index (χ4v) is 2.86. The largest absolute Gasteiger partial charge is 0.478 e. The number of carbonyl (C=O) groups is 2. The molecule has 0 heterocycles. The van der Waals surface area contributed by atoms with Gasteiger partial charge < -0.3 is 9.84 Å². The van der Waals surface area contributed by atoms with Gasteiger partial charge in [0.2, 0.25) is 0 Å². The van der Waals surface area contributed by atoms with E-state index in [0.717, 1.165) is 32.1 Å². The molecule has 0 aliphatic heterocycles. The molecular weight excluding hydrogens is 424 g/mol. The van der Waals surface area contributed by atoms with Crippen LogP contribution in [-0.4, -0.2) is 17.0 Å². The summed E-state index contributed by atoms with van der Waals surface area (Å²) in [7, 11) is 0. The Morgan fingerprint density at radius 1 is 0.706 bits per heavy atom. The number of hydrogen-bond donors (Lipinski definition) is 1. The molecule has 4 nitrogen and oxygen atoms in total. The number of esters is 1. The van der Waals surface area contributed by atoms with Crippen molar-refractivity contribution in [2.75, 3.05) is 0 Å². The zero-order chi connectivity index (χ0) is 24.7. The molecule has 0 amide bonds. The molecule has 1 N–H and O–H groups in total. The quantitative estimate of drug-likeness (QED) is 0.144. The van der Waals surface area contributed by atoms with Crippen LogP contribution in [-0.2, 0) is 4.79 Å². The van der Waals surface area contributed by atoms with Crippen LogP contribution in [0.3, 0.4) is 0 Å². The summed E-state index contributed by atoms with van der Waals surface area (Å²) in [6, 6.07) is 6.13. The van der Waals surface area contributed by atoms with Crippen LogP contribution in [0.2, 0.25) is 0 Å². The van der Waals surface area contributed by atoms with Gasteiger partial charge >= 0.3 is 11.9 Å². The van der Waals surface area contributed by atoms with Gasteiger partial charge in [0.05, 0.1) is 0 Å². The van der Waals surface area contributed by atoms with Gasteiger partial charge in [-0.15, -0.1) is 0 Å². The fraction of sp³-hybridized carbons (Fsp3) is 0.333. The van der Waals surface area contributed by atoms with E-state index in [1.165, 1.54) is 25.0 Å². The van der Waals surface area contributed by atoms with E-state index in [4.69, 9.17) is 9.84 Å². The van der Waals surface area contributed by atoms with E-state index in [1.54, 1.807) is 12.1 Å². The van der Waals surface area contributed by atoms with Crippen molar-refractivity contribution in [2.24, 2.45) is 0 Å². The predicted molar refractivity (Wildman–Crippen MR) is 141 cm³/mol. The van der Waals surface area contributed by atoms with Crippen molar-refractivity contribution in [3.8, 4) is 5.75 Å². The first-order valence-corrected chi connectivity index (χ1v) is 12.1. The zero-order valence-corrected chi connectivity index (χ0v) is 20.3. The summed E-state index contributed by atoms with van der Waals surface area (Å²) >= 11 is 0. The van der Waals surface area contributed by atoms with Crippen molar-refractivity contribution >= 4 is 11.9 Å². The Labute approximate surface area is 204 Å². The van der Waals surface area contributed by atoms with Crippen molar-refractivity contribution in [3.05, 3.63) is 103 Å². The molecule has 0 atom stereocenters. The zero-order valence-electron chi connectivity index (χ0n) is 20.3. The van der Waals surface area contributed by atoms with Crippen LogP contribution in [0.5, 0.6) is 5.75 Å². The summed E-state index contributed by atoms with van der Waals surface area (Å²) in [4.78, 5) is 23.0. The van der Waals surface area contributed by atoms with Crippen molar-refractivity contribution < 1.29 is 19.4 Å². The van der Waals surface area contributed by atoms with Crippen molar-refractivity contribution in [3.63, 3.8) is 0 Å². The molecule has 1 rings (SSSR count). The lowest BCUT2D eigenvalue weighted by molar-refractivity contribution is -0.134. The van der Waals surface area contributed by atoms with E-state index in [-0.39, 0.29) is 17.7 Å². The van der Waals surface area contributed by atoms with E-state index in [9.17, 15) is 9.59 Å². The predicted octanol–water partition coefficient (Wildman–Crippen LogP) is 8.16. The fourth-order valence-electron chi connectivity index (χ4n) is 2.86. The summed E-state index contributed by atoms with van der Waals surface area (Å²) in [5, 5.41) is 9.11. The topological polar surface area (TPSA) is 63.6 Å². The first-order chi connectivity index (χ1) is 16.6. The number of carboxylic acid groups (broad SMARTS) is 1. The average molecular weight is 463 g/mol. The van der Waals surface area contributed by atoms with Crippen LogP contribution in [0.25, 0.3) is 0 Å². The maximum atomic E-state index is 11.9. The molecule has 0 bridgehead atoms. The molecule has 0 aliphatic carbocycles. The number of allylic oxidation sites excluding steroid dienone is 12. The van der Waals surface area contributed by atoms with Gasteiger partial charge in [-0.3, -0.25) is 4.79 Å². The van der Waals surface area contributed by atoms with Crippen molar-refractivity contribution in [2.45, 2.75) is 64.7 Å². The Morgan fingerprint density at radius 2 is 1.15 bits per heavy atom. The lowest BCUT2D eigenvalue weighted by Crippen LogP contribution is -2.10. The van der Waals surface area contributed by atoms with E-state index >= 15 is 0 Å². The highest BCUT2D eigenvalue weighted by atomic mass is 16.5. The minimum atomic E-state index is -1.12. The second-order valence-corrected chi connectivity index (χ2v) is 7.61. The molecule has 182 valence electrons. The minimum Gasteiger partial charge on any atom is -0.478 e. The normalized spacial score (nSPS) is 12.4. The Morgan fingerprint density at radius 3 is 1.62 bits per heavy atom. The third-order valence-electron chi connectivity index (χ3n) is 4.67. The molecule has 4 heteroatoms. The second kappa shape index (κ2) is 20.2. The van der Waals surface area contributed by atoms with E-state index in [0.29, 0.717) is 6.42 Å². The lowest BCUT2D eigenvalue weighted by Gasteiger charge is -2.06. The van der Waals surface area contributed by atoms with Crippen LogP contribution < -0.4 is 4.74 Å². The van der Waals surface area contributed by atoms with Gasteiger partial charge in [-0.1, -0.05) is 98.4 Å². The third-order valence-corrected chi connectivity index (χ3v) is 4.67. The standard InChI is InChI=1S/C30H38O4/c1-2-3-4-5-6-7-8-9-10-11-12-13-14-15-16-17-18-19-20-21-26-29(31)34-28-25-23-22-24-27(28)30(32)33/h4-5,7-8,10-11,13-14,16-17,19-20,22-25H,2-3,6,9,12,15,18,21,26H2,1H3,(H,32,33). The lowest BCUT2D eigenvalue weighted by atomic mass is 10.2. The molecule has 1 aromatic carbocycles. The molecule has 0 saturated carbocycles. The summed E-state index contributed by atoms with van der Waals surface area (Å²) in [6.45, 7) is 2.19. The van der Waals surface area contributed by atoms with Crippen LogP contribution in [0.1, 0.15) is 75.1 Å². The maximum Gasteiger partial charge on any atom is 0.339 e. The van der Waals surface area contributed by atoms with Crippen LogP contribution in [0, 0.1) is 0 Å². The first kappa shape index (κ1) is 28.6. The molecule has 0 radical (unpaired) electrons. The monoisotopic (exact) mass is 462 g/mol. The summed E-state index contributed by atoms with van der Waals surface area (Å²) < 4.78 is 5.16. The Bertz CT molecular complexity index is 885. The SMILES string of the molecule is CCCC=CCC=CCC=CCC=CCC=CCC=CCCC(=O)Oc1ccccc1C(=O)O. The van der Waals surface area contributed by atoms with E-state index < -0.39 is 11.9 Å². The van der Waals surface area contributed by atoms with Gasteiger partial charge in [0.15, 0.2) is 0 Å². The number of carbonyl (C=O) groups excluding carboxylic acids is 1. The maximum absolute atomic E-state index is 11.9. The molecule has 0 aliphatic rings. The van der Waals surface area contributed by atoms with Crippen LogP contribution >= 0.6 is 0 Å². The summed E-state index contributed by atoms with van der Waals surface area (Å²) in [5.41, 5.74) is -0.0138. The number of para-hydroxylation sites is 1. The number of carboxylic acids is 1. The van der Waals surface area contributed by atoms with E-state index in [1.807, 2.05) is 12.2 Å². The van der Waals surface area contributed by atoms with Gasteiger partial charge in [-0.2, -0.15) is 0 Å². The highest BCUT2D eigenvalue weighted by Crippen LogP contribution is 2.18.